The highest BCUT2D eigenvalue weighted by Gasteiger charge is 2.33. The number of methoxy groups -OCH3 is 1. The maximum absolute atomic E-state index is 13.5. The number of nitrogens with zero attached hydrogens (tertiary/aromatic N) is 2. The van der Waals surface area contributed by atoms with Gasteiger partial charge in [0.2, 0.25) is 0 Å². The minimum absolute atomic E-state index is 0. The summed E-state index contributed by atoms with van der Waals surface area (Å²) < 4.78 is 5.35. The molecule has 0 aromatic heterocycles. The first kappa shape index (κ1) is 25.1. The first-order chi connectivity index (χ1) is 15.3. The summed E-state index contributed by atoms with van der Waals surface area (Å²) in [6.45, 7) is 9.37. The van der Waals surface area contributed by atoms with Crippen LogP contribution in [0.2, 0.25) is 0 Å². The van der Waals surface area contributed by atoms with Gasteiger partial charge in [-0.25, -0.2) is 0 Å². The molecule has 0 spiro atoms. The van der Waals surface area contributed by atoms with Gasteiger partial charge in [0.15, 0.2) is 0 Å². The summed E-state index contributed by atoms with van der Waals surface area (Å²) in [6, 6.07) is 17.2. The fourth-order valence-corrected chi connectivity index (χ4v) is 4.91. The van der Waals surface area contributed by atoms with Crippen LogP contribution >= 0.6 is 12.4 Å². The molecule has 1 heterocycles. The van der Waals surface area contributed by atoms with E-state index in [9.17, 15) is 4.79 Å². The number of carbonyl (C=O) groups is 1. The van der Waals surface area contributed by atoms with Crippen LogP contribution in [-0.2, 0) is 6.42 Å². The van der Waals surface area contributed by atoms with E-state index in [1.54, 1.807) is 7.11 Å². The summed E-state index contributed by atoms with van der Waals surface area (Å²) in [6.07, 6.45) is 1.86. The summed E-state index contributed by atoms with van der Waals surface area (Å²) >= 11 is 0. The molecule has 0 aliphatic carbocycles. The Morgan fingerprint density at radius 3 is 2.39 bits per heavy atom. The number of hydrogen-bond donors (Lipinski definition) is 0. The molecule has 5 heteroatoms. The van der Waals surface area contributed by atoms with E-state index in [2.05, 4.69) is 87.0 Å². The number of amides is 1. The number of aryl methyl sites for hydroxylation is 2. The van der Waals surface area contributed by atoms with Gasteiger partial charge in [-0.05, 0) is 98.0 Å². The lowest BCUT2D eigenvalue weighted by Crippen LogP contribution is -2.52. The van der Waals surface area contributed by atoms with Gasteiger partial charge < -0.3 is 9.64 Å². The number of rotatable bonds is 6. The van der Waals surface area contributed by atoms with Crippen molar-refractivity contribution in [3.8, 4) is 5.75 Å². The molecule has 33 heavy (non-hydrogen) atoms. The van der Waals surface area contributed by atoms with Crippen LogP contribution in [0.3, 0.4) is 0 Å². The SMILES string of the molecule is CCC(N1CCc2cc(C)c(C)cc2C1=O)N(C)C(C)c1ccc2cc(OC)ccc2c1.Cl. The van der Waals surface area contributed by atoms with Crippen LogP contribution in [0, 0.1) is 13.8 Å². The average Bonchev–Trinajstić information content (AvgIpc) is 2.81. The standard InChI is InChI=1S/C28H34N2O2.ClH/c1-7-27(30-13-12-24-14-18(2)19(3)15-26(24)28(30)31)29(5)20(4)21-8-9-23-17-25(32-6)11-10-22(23)16-21;/h8-11,14-17,20,27H,7,12-13H2,1-6H3;1H. The lowest BCUT2D eigenvalue weighted by atomic mass is 9.93. The Hall–Kier alpha value is -2.56. The summed E-state index contributed by atoms with van der Waals surface area (Å²) in [5, 5.41) is 2.37. The van der Waals surface area contributed by atoms with Crippen LogP contribution in [0.5, 0.6) is 5.75 Å². The normalized spacial score (nSPS) is 15.2. The lowest BCUT2D eigenvalue weighted by Gasteiger charge is -2.42. The van der Waals surface area contributed by atoms with Crippen LogP contribution in [0.25, 0.3) is 10.8 Å². The average molecular weight is 467 g/mol. The van der Waals surface area contributed by atoms with E-state index < -0.39 is 0 Å². The second kappa shape index (κ2) is 10.1. The topological polar surface area (TPSA) is 32.8 Å². The molecular weight excluding hydrogens is 432 g/mol. The number of carbonyl (C=O) groups excluding carboxylic acids is 1. The number of hydrogen-bond acceptors (Lipinski definition) is 3. The highest BCUT2D eigenvalue weighted by atomic mass is 35.5. The van der Waals surface area contributed by atoms with Gasteiger partial charge in [0, 0.05) is 18.2 Å². The van der Waals surface area contributed by atoms with Gasteiger partial charge in [-0.15, -0.1) is 12.4 Å². The number of halogens is 1. The Labute approximate surface area is 203 Å². The van der Waals surface area contributed by atoms with Crippen LogP contribution in [0.15, 0.2) is 48.5 Å². The summed E-state index contributed by atoms with van der Waals surface area (Å²) in [5.41, 5.74) is 5.75. The molecule has 0 saturated heterocycles. The molecule has 0 saturated carbocycles. The first-order valence-corrected chi connectivity index (χ1v) is 11.5. The van der Waals surface area contributed by atoms with Crippen LogP contribution < -0.4 is 4.74 Å². The summed E-state index contributed by atoms with van der Waals surface area (Å²) in [4.78, 5) is 17.9. The molecule has 0 bridgehead atoms. The Balaban J connectivity index is 0.00000306. The highest BCUT2D eigenvalue weighted by Crippen LogP contribution is 2.31. The molecule has 1 aliphatic heterocycles. The minimum Gasteiger partial charge on any atom is -0.497 e. The van der Waals surface area contributed by atoms with Gasteiger partial charge in [-0.2, -0.15) is 0 Å². The summed E-state index contributed by atoms with van der Waals surface area (Å²) in [7, 11) is 3.83. The molecule has 0 radical (unpaired) electrons. The molecule has 3 aromatic carbocycles. The monoisotopic (exact) mass is 466 g/mol. The maximum atomic E-state index is 13.5. The molecule has 0 N–H and O–H groups in total. The first-order valence-electron chi connectivity index (χ1n) is 11.5. The molecular formula is C28H35ClN2O2. The van der Waals surface area contributed by atoms with E-state index >= 15 is 0 Å². The quantitative estimate of drug-likeness (QED) is 0.426. The third-order valence-corrected chi connectivity index (χ3v) is 7.19. The molecule has 176 valence electrons. The Bertz CT molecular complexity index is 1160. The molecule has 1 aliphatic rings. The molecule has 3 aromatic rings. The number of ether oxygens (including phenoxy) is 1. The fraction of sp³-hybridized carbons (Fsp3) is 0.393. The van der Waals surface area contributed by atoms with Crippen molar-refractivity contribution in [2.24, 2.45) is 0 Å². The molecule has 2 atom stereocenters. The van der Waals surface area contributed by atoms with Crippen molar-refractivity contribution in [2.45, 2.75) is 52.7 Å². The van der Waals surface area contributed by atoms with Gasteiger partial charge >= 0.3 is 0 Å². The van der Waals surface area contributed by atoms with E-state index in [4.69, 9.17) is 4.74 Å². The Morgan fingerprint density at radius 1 is 1.03 bits per heavy atom. The molecule has 2 unspecified atom stereocenters. The molecule has 0 fully saturated rings. The fourth-order valence-electron chi connectivity index (χ4n) is 4.91. The second-order valence-electron chi connectivity index (χ2n) is 9.04. The van der Waals surface area contributed by atoms with Gasteiger partial charge in [-0.3, -0.25) is 9.69 Å². The zero-order valence-corrected chi connectivity index (χ0v) is 21.3. The molecule has 4 rings (SSSR count). The Kier molecular flexibility index (Phi) is 7.71. The van der Waals surface area contributed by atoms with Crippen molar-refractivity contribution in [1.82, 2.24) is 9.80 Å². The number of benzene rings is 3. The predicted octanol–water partition coefficient (Wildman–Crippen LogP) is 6.31. The third-order valence-electron chi connectivity index (χ3n) is 7.19. The van der Waals surface area contributed by atoms with E-state index in [-0.39, 0.29) is 30.5 Å². The van der Waals surface area contributed by atoms with Crippen LogP contribution in [-0.4, -0.2) is 42.6 Å². The third kappa shape index (κ3) is 4.73. The van der Waals surface area contributed by atoms with Crippen LogP contribution in [0.4, 0.5) is 0 Å². The maximum Gasteiger partial charge on any atom is 0.255 e. The molecule has 1 amide bonds. The largest absolute Gasteiger partial charge is 0.497 e. The van der Waals surface area contributed by atoms with Crippen molar-refractivity contribution in [3.05, 3.63) is 76.3 Å². The molecule has 4 nitrogen and oxygen atoms in total. The smallest absolute Gasteiger partial charge is 0.255 e. The predicted molar refractivity (Wildman–Crippen MR) is 139 cm³/mol. The van der Waals surface area contributed by atoms with Gasteiger partial charge in [0.05, 0.1) is 13.3 Å². The van der Waals surface area contributed by atoms with E-state index in [1.165, 1.54) is 33.0 Å². The van der Waals surface area contributed by atoms with E-state index in [1.807, 2.05) is 6.07 Å². The van der Waals surface area contributed by atoms with Gasteiger partial charge in [-0.1, -0.05) is 31.2 Å². The van der Waals surface area contributed by atoms with E-state index in [0.717, 1.165) is 30.7 Å². The van der Waals surface area contributed by atoms with Crippen molar-refractivity contribution >= 4 is 29.1 Å². The lowest BCUT2D eigenvalue weighted by molar-refractivity contribution is 0.0234. The van der Waals surface area contributed by atoms with Crippen molar-refractivity contribution in [2.75, 3.05) is 20.7 Å². The second-order valence-corrected chi connectivity index (χ2v) is 9.04. The van der Waals surface area contributed by atoms with Crippen molar-refractivity contribution in [3.63, 3.8) is 0 Å². The van der Waals surface area contributed by atoms with Crippen molar-refractivity contribution in [1.29, 1.82) is 0 Å². The Morgan fingerprint density at radius 2 is 1.70 bits per heavy atom. The van der Waals surface area contributed by atoms with E-state index in [0.29, 0.717) is 0 Å². The minimum atomic E-state index is 0. The van der Waals surface area contributed by atoms with Crippen LogP contribution in [0.1, 0.15) is 58.9 Å². The summed E-state index contributed by atoms with van der Waals surface area (Å²) in [5.74, 6) is 1.03. The number of fused-ring (bicyclic) bond motifs is 2. The van der Waals surface area contributed by atoms with Gasteiger partial charge in [0.1, 0.15) is 5.75 Å². The highest BCUT2D eigenvalue weighted by molar-refractivity contribution is 5.97. The van der Waals surface area contributed by atoms with Crippen molar-refractivity contribution < 1.29 is 9.53 Å². The zero-order chi connectivity index (χ0) is 23.0. The zero-order valence-electron chi connectivity index (χ0n) is 20.5. The van der Waals surface area contributed by atoms with Gasteiger partial charge in [0.25, 0.3) is 5.91 Å².